The zero-order valence-electron chi connectivity index (χ0n) is 28.1. The third kappa shape index (κ3) is 9.29. The summed E-state index contributed by atoms with van der Waals surface area (Å²) in [6.07, 6.45) is 0.196. The zero-order valence-corrected chi connectivity index (χ0v) is 29.6. The van der Waals surface area contributed by atoms with Gasteiger partial charge < -0.3 is 19.7 Å². The first-order valence-electron chi connectivity index (χ1n) is 15.4. The summed E-state index contributed by atoms with van der Waals surface area (Å²) in [4.78, 5) is 30.0. The lowest BCUT2D eigenvalue weighted by atomic mass is 10.0. The Bertz CT molecular complexity index is 1830. The highest BCUT2D eigenvalue weighted by molar-refractivity contribution is 7.92. The van der Waals surface area contributed by atoms with E-state index in [0.717, 1.165) is 15.4 Å². The number of carbonyl (C=O) groups is 2. The smallest absolute Gasteiger partial charge is 0.264 e. The second-order valence-electron chi connectivity index (χ2n) is 12.5. The lowest BCUT2D eigenvalue weighted by molar-refractivity contribution is -0.140. The number of nitrogens with zero attached hydrogens (tertiary/aromatic N) is 2. The number of sulfonamides is 1. The fourth-order valence-corrected chi connectivity index (χ4v) is 6.83. The Labute approximate surface area is 288 Å². The number of anilines is 1. The molecule has 0 aliphatic carbocycles. The summed E-state index contributed by atoms with van der Waals surface area (Å²) in [5, 5.41) is 3.49. The molecule has 254 valence electrons. The fourth-order valence-electron chi connectivity index (χ4n) is 5.18. The van der Waals surface area contributed by atoms with Gasteiger partial charge in [-0.2, -0.15) is 0 Å². The van der Waals surface area contributed by atoms with E-state index < -0.39 is 34.1 Å². The number of nitrogens with one attached hydrogen (secondary N) is 1. The lowest BCUT2D eigenvalue weighted by Crippen LogP contribution is -2.56. The second-order valence-corrected chi connectivity index (χ2v) is 14.8. The van der Waals surface area contributed by atoms with Crippen LogP contribution in [0.5, 0.6) is 11.5 Å². The topological polar surface area (TPSA) is 105 Å². The first-order chi connectivity index (χ1) is 22.7. The summed E-state index contributed by atoms with van der Waals surface area (Å²) in [6, 6.07) is 26.5. The number of benzene rings is 4. The molecule has 0 bridgehead atoms. The monoisotopic (exact) mass is 691 g/mol. The molecule has 0 fully saturated rings. The number of aryl methyl sites for hydroxylation is 1. The van der Waals surface area contributed by atoms with Crippen LogP contribution in [0.15, 0.2) is 102 Å². The first kappa shape index (κ1) is 36.3. The summed E-state index contributed by atoms with van der Waals surface area (Å²) in [6.45, 7) is 6.89. The Balaban J connectivity index is 1.84. The molecule has 4 aromatic carbocycles. The molecule has 48 heavy (non-hydrogen) atoms. The molecule has 0 spiro atoms. The van der Waals surface area contributed by atoms with E-state index in [1.807, 2.05) is 64.1 Å². The van der Waals surface area contributed by atoms with Crippen molar-refractivity contribution in [3.63, 3.8) is 0 Å². The van der Waals surface area contributed by atoms with Gasteiger partial charge in [-0.15, -0.1) is 0 Å². The molecule has 0 radical (unpaired) electrons. The molecule has 0 aliphatic rings. The van der Waals surface area contributed by atoms with Gasteiger partial charge in [0.05, 0.1) is 24.8 Å². The molecule has 1 unspecified atom stereocenters. The van der Waals surface area contributed by atoms with E-state index >= 15 is 0 Å². The Kier molecular flexibility index (Phi) is 11.8. The molecule has 1 N–H and O–H groups in total. The number of hydrogen-bond donors (Lipinski definition) is 1. The second kappa shape index (κ2) is 15.6. The van der Waals surface area contributed by atoms with E-state index in [1.165, 1.54) is 37.3 Å². The minimum Gasteiger partial charge on any atom is -0.493 e. The van der Waals surface area contributed by atoms with Crippen LogP contribution in [-0.4, -0.2) is 57.5 Å². The van der Waals surface area contributed by atoms with E-state index in [4.69, 9.17) is 21.1 Å². The highest BCUT2D eigenvalue weighted by Crippen LogP contribution is 2.32. The zero-order chi connectivity index (χ0) is 35.1. The Morgan fingerprint density at radius 3 is 2.08 bits per heavy atom. The third-order valence-electron chi connectivity index (χ3n) is 7.56. The fraction of sp³-hybridized carbons (Fsp3) is 0.297. The summed E-state index contributed by atoms with van der Waals surface area (Å²) in [5.41, 5.74) is 2.12. The van der Waals surface area contributed by atoms with E-state index in [1.54, 1.807) is 42.5 Å². The summed E-state index contributed by atoms with van der Waals surface area (Å²) >= 11 is 6.33. The highest BCUT2D eigenvalue weighted by atomic mass is 35.5. The molecule has 4 rings (SSSR count). The highest BCUT2D eigenvalue weighted by Gasteiger charge is 2.36. The number of ether oxygens (including phenoxy) is 2. The number of carbonyl (C=O) groups excluding carboxylic acids is 2. The minimum atomic E-state index is -4.34. The van der Waals surface area contributed by atoms with Crippen LogP contribution in [-0.2, 0) is 32.6 Å². The van der Waals surface area contributed by atoms with Crippen LogP contribution in [0, 0.1) is 6.92 Å². The summed E-state index contributed by atoms with van der Waals surface area (Å²) in [5.74, 6) is -0.371. The molecule has 11 heteroatoms. The average Bonchev–Trinajstić information content (AvgIpc) is 3.04. The molecule has 9 nitrogen and oxygen atoms in total. The van der Waals surface area contributed by atoms with E-state index in [2.05, 4.69) is 5.32 Å². The van der Waals surface area contributed by atoms with Gasteiger partial charge in [0.1, 0.15) is 12.6 Å². The molecular weight excluding hydrogens is 650 g/mol. The van der Waals surface area contributed by atoms with Crippen LogP contribution in [0.3, 0.4) is 0 Å². The molecule has 0 heterocycles. The maximum Gasteiger partial charge on any atom is 0.264 e. The quantitative estimate of drug-likeness (QED) is 0.174. The molecule has 0 saturated carbocycles. The maximum atomic E-state index is 14.6. The van der Waals surface area contributed by atoms with Crippen LogP contribution in [0.4, 0.5) is 5.69 Å². The molecule has 0 aromatic heterocycles. The normalized spacial score (nSPS) is 12.1. The molecule has 0 saturated heterocycles. The summed E-state index contributed by atoms with van der Waals surface area (Å²) in [7, 11) is -1.46. The number of rotatable bonds is 13. The lowest BCUT2D eigenvalue weighted by Gasteiger charge is -2.35. The molecule has 4 aromatic rings. The van der Waals surface area contributed by atoms with Crippen LogP contribution < -0.4 is 19.1 Å². The van der Waals surface area contributed by atoms with E-state index in [-0.39, 0.29) is 35.2 Å². The van der Waals surface area contributed by atoms with Gasteiger partial charge in [-0.05, 0) is 75.2 Å². The average molecular weight is 692 g/mol. The first-order valence-corrected chi connectivity index (χ1v) is 17.2. The van der Waals surface area contributed by atoms with E-state index in [0.29, 0.717) is 16.3 Å². The van der Waals surface area contributed by atoms with Crippen LogP contribution in [0.25, 0.3) is 0 Å². The van der Waals surface area contributed by atoms with Gasteiger partial charge in [0.2, 0.25) is 11.8 Å². The van der Waals surface area contributed by atoms with Crippen molar-refractivity contribution in [3.8, 4) is 11.5 Å². The van der Waals surface area contributed by atoms with Gasteiger partial charge in [0.25, 0.3) is 10.0 Å². The van der Waals surface area contributed by atoms with Crippen molar-refractivity contribution in [2.24, 2.45) is 0 Å². The molecule has 2 amide bonds. The predicted molar refractivity (Wildman–Crippen MR) is 189 cm³/mol. The Morgan fingerprint density at radius 1 is 0.833 bits per heavy atom. The summed E-state index contributed by atoms with van der Waals surface area (Å²) < 4.78 is 40.5. The largest absolute Gasteiger partial charge is 0.493 e. The van der Waals surface area contributed by atoms with Crippen LogP contribution in [0.2, 0.25) is 5.02 Å². The van der Waals surface area contributed by atoms with Crippen molar-refractivity contribution in [2.75, 3.05) is 25.1 Å². The maximum absolute atomic E-state index is 14.6. The van der Waals surface area contributed by atoms with Crippen LogP contribution in [0.1, 0.15) is 37.5 Å². The Morgan fingerprint density at radius 2 is 1.48 bits per heavy atom. The molecular formula is C37H42ClN3O6S. The van der Waals surface area contributed by atoms with Gasteiger partial charge >= 0.3 is 0 Å². The number of hydrogen-bond acceptors (Lipinski definition) is 6. The third-order valence-corrected chi connectivity index (χ3v) is 9.56. The van der Waals surface area contributed by atoms with Crippen molar-refractivity contribution in [1.82, 2.24) is 10.2 Å². The number of amides is 2. The predicted octanol–water partition coefficient (Wildman–Crippen LogP) is 6.42. The van der Waals surface area contributed by atoms with Gasteiger partial charge in [-0.1, -0.05) is 71.8 Å². The van der Waals surface area contributed by atoms with Gasteiger partial charge in [0, 0.05) is 29.6 Å². The van der Waals surface area contributed by atoms with Gasteiger partial charge in [-0.25, -0.2) is 8.42 Å². The van der Waals surface area contributed by atoms with Crippen molar-refractivity contribution in [3.05, 3.63) is 119 Å². The van der Waals surface area contributed by atoms with E-state index in [9.17, 15) is 18.0 Å². The number of methoxy groups -OCH3 is 2. The van der Waals surface area contributed by atoms with Gasteiger partial charge in [0.15, 0.2) is 11.5 Å². The standard InChI is InChI=1S/C37H42ClN3O6S/c1-26-15-17-30(18-16-26)41(48(44,45)31-19-20-33(46-5)34(23-31)47-6)25-35(42)40(24-28-13-10-14-29(38)21-28)32(36(43)39-37(2,3)4)22-27-11-8-7-9-12-27/h7-21,23,32H,22,24-25H2,1-6H3,(H,39,43). The minimum absolute atomic E-state index is 0.00655. The van der Waals surface area contributed by atoms with Crippen molar-refractivity contribution in [2.45, 2.75) is 57.1 Å². The molecule has 0 aliphatic heterocycles. The van der Waals surface area contributed by atoms with Crippen LogP contribution >= 0.6 is 11.6 Å². The number of halogens is 1. The van der Waals surface area contributed by atoms with Crippen molar-refractivity contribution in [1.29, 1.82) is 0 Å². The Hall–Kier alpha value is -4.54. The van der Waals surface area contributed by atoms with Crippen molar-refractivity contribution < 1.29 is 27.5 Å². The van der Waals surface area contributed by atoms with Gasteiger partial charge in [-0.3, -0.25) is 13.9 Å². The molecule has 1 atom stereocenters. The SMILES string of the molecule is COc1ccc(S(=O)(=O)N(CC(=O)N(Cc2cccc(Cl)c2)C(Cc2ccccc2)C(=O)NC(C)(C)C)c2ccc(C)cc2)cc1OC. The van der Waals surface area contributed by atoms with Crippen molar-refractivity contribution >= 4 is 39.1 Å².